The predicted molar refractivity (Wildman–Crippen MR) is 119 cm³/mol. The SMILES string of the molecule is CCNC(=NCc1ccc(C)cc1)NCCNS(=O)(=O)c1cccs1.I. The molecule has 3 N–H and O–H groups in total. The Morgan fingerprint density at radius 1 is 1.12 bits per heavy atom. The van der Waals surface area contributed by atoms with Crippen molar-refractivity contribution < 1.29 is 8.42 Å². The van der Waals surface area contributed by atoms with Crippen molar-refractivity contribution in [2.45, 2.75) is 24.6 Å². The Hall–Kier alpha value is -1.17. The van der Waals surface area contributed by atoms with Crippen LogP contribution in [0.1, 0.15) is 18.1 Å². The van der Waals surface area contributed by atoms with Gasteiger partial charge in [-0.3, -0.25) is 0 Å². The summed E-state index contributed by atoms with van der Waals surface area (Å²) in [6, 6.07) is 11.5. The lowest BCUT2D eigenvalue weighted by Gasteiger charge is -2.12. The number of hydrogen-bond acceptors (Lipinski definition) is 4. The van der Waals surface area contributed by atoms with Gasteiger partial charge in [-0.2, -0.15) is 0 Å². The van der Waals surface area contributed by atoms with Crippen molar-refractivity contribution in [2.75, 3.05) is 19.6 Å². The number of guanidine groups is 1. The average Bonchev–Trinajstić information content (AvgIpc) is 3.13. The first kappa shape index (κ1) is 22.9. The lowest BCUT2D eigenvalue weighted by Crippen LogP contribution is -2.41. The summed E-state index contributed by atoms with van der Waals surface area (Å²) in [4.78, 5) is 4.52. The van der Waals surface area contributed by atoms with Gasteiger partial charge in [0.05, 0.1) is 6.54 Å². The first-order valence-corrected chi connectivity index (χ1v) is 10.5. The zero-order chi connectivity index (χ0) is 18.1. The van der Waals surface area contributed by atoms with Gasteiger partial charge < -0.3 is 10.6 Å². The number of benzene rings is 1. The van der Waals surface area contributed by atoms with Crippen molar-refractivity contribution in [1.29, 1.82) is 0 Å². The van der Waals surface area contributed by atoms with Gasteiger partial charge in [-0.15, -0.1) is 35.3 Å². The summed E-state index contributed by atoms with van der Waals surface area (Å²) in [7, 11) is -3.42. The number of hydrogen-bond donors (Lipinski definition) is 3. The van der Waals surface area contributed by atoms with Crippen LogP contribution in [0.4, 0.5) is 0 Å². The highest BCUT2D eigenvalue weighted by Gasteiger charge is 2.13. The Morgan fingerprint density at radius 2 is 1.85 bits per heavy atom. The van der Waals surface area contributed by atoms with E-state index in [1.54, 1.807) is 17.5 Å². The minimum absolute atomic E-state index is 0. The molecule has 0 fully saturated rings. The molecular weight excluding hydrogens is 483 g/mol. The Bertz CT molecular complexity index is 776. The van der Waals surface area contributed by atoms with Gasteiger partial charge in [0.25, 0.3) is 0 Å². The van der Waals surface area contributed by atoms with E-state index in [4.69, 9.17) is 0 Å². The second kappa shape index (κ2) is 11.5. The second-order valence-corrected chi connectivity index (χ2v) is 8.38. The largest absolute Gasteiger partial charge is 0.357 e. The molecule has 0 atom stereocenters. The lowest BCUT2D eigenvalue weighted by molar-refractivity contribution is 0.582. The van der Waals surface area contributed by atoms with E-state index in [9.17, 15) is 8.42 Å². The summed E-state index contributed by atoms with van der Waals surface area (Å²) in [5.74, 6) is 0.665. The van der Waals surface area contributed by atoms with Crippen molar-refractivity contribution in [3.63, 3.8) is 0 Å². The number of nitrogens with zero attached hydrogens (tertiary/aromatic N) is 1. The minimum atomic E-state index is -3.42. The fourth-order valence-electron chi connectivity index (χ4n) is 2.06. The molecular formula is C17H25IN4O2S2. The van der Waals surface area contributed by atoms with Crippen LogP contribution < -0.4 is 15.4 Å². The monoisotopic (exact) mass is 508 g/mol. The van der Waals surface area contributed by atoms with Crippen LogP contribution in [0.5, 0.6) is 0 Å². The first-order chi connectivity index (χ1) is 12.0. The van der Waals surface area contributed by atoms with Crippen LogP contribution in [0, 0.1) is 6.92 Å². The zero-order valence-corrected chi connectivity index (χ0v) is 18.8. The van der Waals surface area contributed by atoms with Crippen molar-refractivity contribution in [2.24, 2.45) is 4.99 Å². The maximum absolute atomic E-state index is 12.0. The van der Waals surface area contributed by atoms with E-state index in [2.05, 4.69) is 51.5 Å². The summed E-state index contributed by atoms with van der Waals surface area (Å²) >= 11 is 1.20. The molecule has 6 nitrogen and oxygen atoms in total. The van der Waals surface area contributed by atoms with Gasteiger partial charge >= 0.3 is 0 Å². The number of sulfonamides is 1. The highest BCUT2D eigenvalue weighted by molar-refractivity contribution is 14.0. The maximum atomic E-state index is 12.0. The molecule has 0 spiro atoms. The van der Waals surface area contributed by atoms with Crippen molar-refractivity contribution >= 4 is 51.3 Å². The molecule has 2 aromatic rings. The van der Waals surface area contributed by atoms with E-state index in [1.165, 1.54) is 16.9 Å². The number of nitrogens with one attached hydrogen (secondary N) is 3. The lowest BCUT2D eigenvalue weighted by atomic mass is 10.1. The van der Waals surface area contributed by atoms with Crippen LogP contribution in [0.15, 0.2) is 51.0 Å². The summed E-state index contributed by atoms with van der Waals surface area (Å²) in [5, 5.41) is 8.03. The van der Waals surface area contributed by atoms with Gasteiger partial charge in [0, 0.05) is 19.6 Å². The van der Waals surface area contributed by atoms with E-state index in [-0.39, 0.29) is 30.5 Å². The van der Waals surface area contributed by atoms with E-state index in [0.717, 1.165) is 12.1 Å². The second-order valence-electron chi connectivity index (χ2n) is 5.44. The summed E-state index contributed by atoms with van der Waals surface area (Å²) < 4.78 is 27.0. The molecule has 0 radical (unpaired) electrons. The molecule has 2 rings (SSSR count). The Kier molecular flexibility index (Phi) is 10.1. The summed E-state index contributed by atoms with van der Waals surface area (Å²) in [6.45, 7) is 6.08. The molecule has 1 heterocycles. The fraction of sp³-hybridized carbons (Fsp3) is 0.353. The van der Waals surface area contributed by atoms with Gasteiger partial charge in [0.15, 0.2) is 5.96 Å². The minimum Gasteiger partial charge on any atom is -0.357 e. The van der Waals surface area contributed by atoms with Gasteiger partial charge in [-0.1, -0.05) is 35.9 Å². The van der Waals surface area contributed by atoms with Gasteiger partial charge in [-0.25, -0.2) is 18.1 Å². The summed E-state index contributed by atoms with van der Waals surface area (Å²) in [5.41, 5.74) is 2.34. The predicted octanol–water partition coefficient (Wildman–Crippen LogP) is 2.71. The van der Waals surface area contributed by atoms with Crippen LogP contribution in [-0.2, 0) is 16.6 Å². The quantitative estimate of drug-likeness (QED) is 0.222. The van der Waals surface area contributed by atoms with Crippen molar-refractivity contribution in [3.8, 4) is 0 Å². The number of rotatable bonds is 8. The molecule has 0 unspecified atom stereocenters. The van der Waals surface area contributed by atoms with Crippen LogP contribution in [0.3, 0.4) is 0 Å². The molecule has 0 bridgehead atoms. The molecule has 0 aliphatic rings. The maximum Gasteiger partial charge on any atom is 0.250 e. The molecule has 144 valence electrons. The Balaban J connectivity index is 0.00000338. The smallest absolute Gasteiger partial charge is 0.250 e. The van der Waals surface area contributed by atoms with Crippen LogP contribution in [0.2, 0.25) is 0 Å². The van der Waals surface area contributed by atoms with Crippen LogP contribution in [0.25, 0.3) is 0 Å². The van der Waals surface area contributed by atoms with Crippen molar-refractivity contribution in [1.82, 2.24) is 15.4 Å². The zero-order valence-electron chi connectivity index (χ0n) is 14.9. The van der Waals surface area contributed by atoms with E-state index < -0.39 is 10.0 Å². The van der Waals surface area contributed by atoms with Gasteiger partial charge in [0.1, 0.15) is 4.21 Å². The van der Waals surface area contributed by atoms with Crippen LogP contribution in [-0.4, -0.2) is 34.0 Å². The fourth-order valence-corrected chi connectivity index (χ4v) is 4.13. The molecule has 9 heteroatoms. The molecule has 26 heavy (non-hydrogen) atoms. The third kappa shape index (κ3) is 7.60. The van der Waals surface area contributed by atoms with Crippen molar-refractivity contribution in [3.05, 3.63) is 52.9 Å². The number of aliphatic imine (C=N–C) groups is 1. The normalized spacial score (nSPS) is 11.7. The van der Waals surface area contributed by atoms with E-state index in [0.29, 0.717) is 23.3 Å². The molecule has 0 aliphatic carbocycles. The third-order valence-corrected chi connectivity index (χ3v) is 6.21. The third-order valence-electron chi connectivity index (χ3n) is 3.35. The molecule has 0 amide bonds. The first-order valence-electron chi connectivity index (χ1n) is 8.12. The molecule has 1 aromatic carbocycles. The van der Waals surface area contributed by atoms with Crippen LogP contribution >= 0.6 is 35.3 Å². The topological polar surface area (TPSA) is 82.6 Å². The molecule has 0 aliphatic heterocycles. The number of halogens is 1. The Morgan fingerprint density at radius 3 is 2.46 bits per heavy atom. The Labute approximate surface area is 176 Å². The molecule has 0 saturated heterocycles. The molecule has 0 saturated carbocycles. The summed E-state index contributed by atoms with van der Waals surface area (Å²) in [6.07, 6.45) is 0. The number of thiophene rings is 1. The highest BCUT2D eigenvalue weighted by atomic mass is 127. The average molecular weight is 508 g/mol. The highest BCUT2D eigenvalue weighted by Crippen LogP contribution is 2.14. The van der Waals surface area contributed by atoms with E-state index in [1.807, 2.05) is 6.92 Å². The molecule has 1 aromatic heterocycles. The standard InChI is InChI=1S/C17H24N4O2S2.HI/c1-3-18-17(20-13-15-8-6-14(2)7-9-15)19-10-11-21-25(22,23)16-5-4-12-24-16;/h4-9,12,21H,3,10-11,13H2,1-2H3,(H2,18,19,20);1H. The van der Waals surface area contributed by atoms with E-state index >= 15 is 0 Å². The number of aryl methyl sites for hydroxylation is 1. The van der Waals surface area contributed by atoms with Gasteiger partial charge in [-0.05, 0) is 30.9 Å². The van der Waals surface area contributed by atoms with Gasteiger partial charge in [0.2, 0.25) is 10.0 Å².